The summed E-state index contributed by atoms with van der Waals surface area (Å²) in [7, 11) is 0. The van der Waals surface area contributed by atoms with Crippen LogP contribution in [0.3, 0.4) is 0 Å². The Morgan fingerprint density at radius 3 is 2.62 bits per heavy atom. The fraction of sp³-hybridized carbons (Fsp3) is 0.800. The Kier molecular flexibility index (Phi) is 8.24. The van der Waals surface area contributed by atoms with Crippen LogP contribution >= 0.6 is 0 Å². The molecule has 16 heavy (non-hydrogen) atoms. The summed E-state index contributed by atoms with van der Waals surface area (Å²) < 4.78 is 0. The van der Waals surface area contributed by atoms with Gasteiger partial charge in [-0.05, 0) is 25.8 Å². The first-order chi connectivity index (χ1) is 7.57. The molecule has 6 nitrogen and oxygen atoms in total. The van der Waals surface area contributed by atoms with Crippen molar-refractivity contribution in [1.29, 1.82) is 0 Å². The van der Waals surface area contributed by atoms with E-state index < -0.39 is 12.0 Å². The average Bonchev–Trinajstić information content (AvgIpc) is 2.21. The molecular weight excluding hydrogens is 208 g/mol. The Morgan fingerprint density at radius 2 is 2.12 bits per heavy atom. The van der Waals surface area contributed by atoms with Crippen molar-refractivity contribution in [3.63, 3.8) is 0 Å². The Hall–Kier alpha value is -1.30. The number of hydrogen-bond donors (Lipinski definition) is 4. The van der Waals surface area contributed by atoms with Gasteiger partial charge in [-0.25, -0.2) is 0 Å². The molecule has 0 aromatic heterocycles. The summed E-state index contributed by atoms with van der Waals surface area (Å²) in [6.07, 6.45) is 3.23. The summed E-state index contributed by atoms with van der Waals surface area (Å²) in [5, 5.41) is 11.9. The van der Waals surface area contributed by atoms with Gasteiger partial charge in [0.1, 0.15) is 6.04 Å². The number of carbonyl (C=O) groups is 1. The molecule has 1 unspecified atom stereocenters. The molecule has 0 spiro atoms. The van der Waals surface area contributed by atoms with Crippen molar-refractivity contribution in [2.75, 3.05) is 13.1 Å². The third-order valence-electron chi connectivity index (χ3n) is 2.16. The third-order valence-corrected chi connectivity index (χ3v) is 2.16. The molecule has 0 bridgehead atoms. The van der Waals surface area contributed by atoms with E-state index in [0.717, 1.165) is 19.4 Å². The maximum atomic E-state index is 10.9. The number of nitrogens with two attached hydrogens (primary N) is 2. The SMILES string of the molecule is CCCCNC(CCCN=C(N)N)C(=O)O. The van der Waals surface area contributed by atoms with Crippen LogP contribution in [0.4, 0.5) is 0 Å². The van der Waals surface area contributed by atoms with E-state index in [0.29, 0.717) is 19.4 Å². The molecule has 0 saturated heterocycles. The number of carboxylic acids is 1. The molecular formula is C10H22N4O2. The van der Waals surface area contributed by atoms with Gasteiger partial charge in [0.05, 0.1) is 0 Å². The predicted octanol–water partition coefficient (Wildman–Crippen LogP) is -0.117. The monoisotopic (exact) mass is 230 g/mol. The summed E-state index contributed by atoms with van der Waals surface area (Å²) >= 11 is 0. The number of nitrogens with zero attached hydrogens (tertiary/aromatic N) is 1. The zero-order valence-corrected chi connectivity index (χ0v) is 9.78. The van der Waals surface area contributed by atoms with Crippen LogP contribution in [0, 0.1) is 0 Å². The first-order valence-electron chi connectivity index (χ1n) is 5.59. The van der Waals surface area contributed by atoms with Crippen LogP contribution in [0.2, 0.25) is 0 Å². The van der Waals surface area contributed by atoms with E-state index in [-0.39, 0.29) is 5.96 Å². The van der Waals surface area contributed by atoms with Gasteiger partial charge in [-0.2, -0.15) is 0 Å². The Labute approximate surface area is 96.1 Å². The lowest BCUT2D eigenvalue weighted by atomic mass is 10.1. The van der Waals surface area contributed by atoms with E-state index in [4.69, 9.17) is 16.6 Å². The van der Waals surface area contributed by atoms with Crippen LogP contribution < -0.4 is 16.8 Å². The smallest absolute Gasteiger partial charge is 0.320 e. The maximum Gasteiger partial charge on any atom is 0.320 e. The molecule has 0 aliphatic heterocycles. The maximum absolute atomic E-state index is 10.9. The highest BCUT2D eigenvalue weighted by atomic mass is 16.4. The minimum Gasteiger partial charge on any atom is -0.480 e. The molecule has 0 amide bonds. The van der Waals surface area contributed by atoms with Crippen LogP contribution in [0.1, 0.15) is 32.6 Å². The highest BCUT2D eigenvalue weighted by Gasteiger charge is 2.15. The topological polar surface area (TPSA) is 114 Å². The van der Waals surface area contributed by atoms with Crippen molar-refractivity contribution in [3.05, 3.63) is 0 Å². The quantitative estimate of drug-likeness (QED) is 0.250. The Balaban J connectivity index is 3.77. The molecule has 0 saturated carbocycles. The standard InChI is InChI=1S/C10H22N4O2/c1-2-3-6-13-8(9(15)16)5-4-7-14-10(11)12/h8,13H,2-7H2,1H3,(H,15,16)(H4,11,12,14). The van der Waals surface area contributed by atoms with Gasteiger partial charge in [0.2, 0.25) is 0 Å². The van der Waals surface area contributed by atoms with Gasteiger partial charge in [-0.15, -0.1) is 0 Å². The molecule has 0 rings (SSSR count). The van der Waals surface area contributed by atoms with Crippen molar-refractivity contribution in [3.8, 4) is 0 Å². The van der Waals surface area contributed by atoms with Crippen molar-refractivity contribution < 1.29 is 9.90 Å². The van der Waals surface area contributed by atoms with Crippen molar-refractivity contribution in [2.45, 2.75) is 38.6 Å². The summed E-state index contributed by atoms with van der Waals surface area (Å²) in [6, 6.07) is -0.499. The molecule has 6 N–H and O–H groups in total. The van der Waals surface area contributed by atoms with E-state index in [2.05, 4.69) is 17.2 Å². The summed E-state index contributed by atoms with van der Waals surface area (Å²) in [5.41, 5.74) is 10.3. The number of nitrogens with one attached hydrogen (secondary N) is 1. The second-order valence-corrected chi connectivity index (χ2v) is 3.65. The fourth-order valence-electron chi connectivity index (χ4n) is 1.27. The van der Waals surface area contributed by atoms with Gasteiger partial charge in [0, 0.05) is 6.54 Å². The van der Waals surface area contributed by atoms with Gasteiger partial charge < -0.3 is 21.9 Å². The van der Waals surface area contributed by atoms with E-state index >= 15 is 0 Å². The normalized spacial score (nSPS) is 12.1. The molecule has 0 aliphatic carbocycles. The lowest BCUT2D eigenvalue weighted by Gasteiger charge is -2.13. The van der Waals surface area contributed by atoms with Crippen molar-refractivity contribution in [1.82, 2.24) is 5.32 Å². The predicted molar refractivity (Wildman–Crippen MR) is 64.2 cm³/mol. The van der Waals surface area contributed by atoms with Crippen LogP contribution in [0.5, 0.6) is 0 Å². The zero-order chi connectivity index (χ0) is 12.4. The number of rotatable bonds is 9. The number of unbranched alkanes of at least 4 members (excludes halogenated alkanes) is 1. The number of aliphatic imine (C=N–C) groups is 1. The second kappa shape index (κ2) is 8.96. The number of hydrogen-bond acceptors (Lipinski definition) is 3. The lowest BCUT2D eigenvalue weighted by molar-refractivity contribution is -0.139. The van der Waals surface area contributed by atoms with Crippen LogP contribution in [0.15, 0.2) is 4.99 Å². The number of aliphatic carboxylic acids is 1. The first kappa shape index (κ1) is 14.7. The van der Waals surface area contributed by atoms with Crippen LogP contribution in [0.25, 0.3) is 0 Å². The molecule has 6 heteroatoms. The molecule has 0 heterocycles. The zero-order valence-electron chi connectivity index (χ0n) is 9.78. The van der Waals surface area contributed by atoms with E-state index in [9.17, 15) is 4.79 Å². The molecule has 0 radical (unpaired) electrons. The second-order valence-electron chi connectivity index (χ2n) is 3.65. The van der Waals surface area contributed by atoms with E-state index in [1.54, 1.807) is 0 Å². The van der Waals surface area contributed by atoms with Crippen LogP contribution in [-0.2, 0) is 4.79 Å². The summed E-state index contributed by atoms with van der Waals surface area (Å²) in [6.45, 7) is 3.27. The molecule has 0 aromatic rings. The molecule has 94 valence electrons. The summed E-state index contributed by atoms with van der Waals surface area (Å²) in [5.74, 6) is -0.772. The molecule has 0 fully saturated rings. The minimum atomic E-state index is -0.819. The van der Waals surface area contributed by atoms with Crippen LogP contribution in [-0.4, -0.2) is 36.2 Å². The van der Waals surface area contributed by atoms with Gasteiger partial charge in [0.25, 0.3) is 0 Å². The third kappa shape index (κ3) is 8.05. The number of carboxylic acid groups (broad SMARTS) is 1. The highest BCUT2D eigenvalue weighted by Crippen LogP contribution is 1.99. The first-order valence-corrected chi connectivity index (χ1v) is 5.59. The van der Waals surface area contributed by atoms with Crippen molar-refractivity contribution >= 4 is 11.9 Å². The fourth-order valence-corrected chi connectivity index (χ4v) is 1.27. The van der Waals surface area contributed by atoms with Gasteiger partial charge in [0.15, 0.2) is 5.96 Å². The number of guanidine groups is 1. The summed E-state index contributed by atoms with van der Waals surface area (Å²) in [4.78, 5) is 14.7. The van der Waals surface area contributed by atoms with E-state index in [1.165, 1.54) is 0 Å². The van der Waals surface area contributed by atoms with Gasteiger partial charge >= 0.3 is 5.97 Å². The van der Waals surface area contributed by atoms with E-state index in [1.807, 2.05) is 0 Å². The molecule has 0 aliphatic rings. The highest BCUT2D eigenvalue weighted by molar-refractivity contribution is 5.75. The largest absolute Gasteiger partial charge is 0.480 e. The molecule has 0 aromatic carbocycles. The van der Waals surface area contributed by atoms with Gasteiger partial charge in [-0.3, -0.25) is 9.79 Å². The molecule has 1 atom stereocenters. The van der Waals surface area contributed by atoms with Gasteiger partial charge in [-0.1, -0.05) is 13.3 Å². The van der Waals surface area contributed by atoms with Crippen molar-refractivity contribution in [2.24, 2.45) is 16.5 Å². The minimum absolute atomic E-state index is 0.0471. The Bertz CT molecular complexity index is 227. The lowest BCUT2D eigenvalue weighted by Crippen LogP contribution is -2.37. The average molecular weight is 230 g/mol. The Morgan fingerprint density at radius 1 is 1.44 bits per heavy atom.